The first-order chi connectivity index (χ1) is 13.8. The van der Waals surface area contributed by atoms with Crippen LogP contribution >= 0.6 is 0 Å². The zero-order chi connectivity index (χ0) is 18.5. The van der Waals surface area contributed by atoms with Crippen LogP contribution in [0, 0.1) is 0 Å². The van der Waals surface area contributed by atoms with E-state index in [2.05, 4.69) is 24.9 Å². The van der Waals surface area contributed by atoms with Crippen LogP contribution in [0.5, 0.6) is 0 Å². The predicted octanol–water partition coefficient (Wildman–Crippen LogP) is 4.98. The average molecular weight is 363 g/mol. The molecule has 3 aromatic carbocycles. The lowest BCUT2D eigenvalue weighted by atomic mass is 10.2. The van der Waals surface area contributed by atoms with Gasteiger partial charge in [-0.2, -0.15) is 0 Å². The molecule has 0 amide bonds. The van der Waals surface area contributed by atoms with Crippen LogP contribution in [0.1, 0.15) is 0 Å². The van der Waals surface area contributed by atoms with Crippen LogP contribution in [-0.4, -0.2) is 24.9 Å². The first kappa shape index (κ1) is 15.0. The van der Waals surface area contributed by atoms with Crippen LogP contribution in [0.3, 0.4) is 0 Å². The summed E-state index contributed by atoms with van der Waals surface area (Å²) in [6.45, 7) is 0. The highest BCUT2D eigenvalue weighted by Gasteiger charge is 2.12. The van der Waals surface area contributed by atoms with E-state index in [1.807, 2.05) is 60.7 Å². The van der Waals surface area contributed by atoms with Crippen molar-refractivity contribution < 1.29 is 4.42 Å². The van der Waals surface area contributed by atoms with E-state index in [4.69, 9.17) is 4.42 Å². The molecule has 0 saturated heterocycles. The van der Waals surface area contributed by atoms with Crippen molar-refractivity contribution in [1.29, 1.82) is 0 Å². The smallest absolute Gasteiger partial charge is 0.227 e. The van der Waals surface area contributed by atoms with Crippen molar-refractivity contribution in [2.24, 2.45) is 0 Å². The van der Waals surface area contributed by atoms with Crippen LogP contribution in [0.2, 0.25) is 0 Å². The average Bonchev–Trinajstić information content (AvgIpc) is 3.37. The van der Waals surface area contributed by atoms with Crippen molar-refractivity contribution in [3.63, 3.8) is 0 Å². The number of oxazole rings is 1. The van der Waals surface area contributed by atoms with Gasteiger partial charge in [-0.3, -0.25) is 9.97 Å². The van der Waals surface area contributed by atoms with Crippen LogP contribution < -0.4 is 0 Å². The van der Waals surface area contributed by atoms with Gasteiger partial charge in [0, 0.05) is 23.5 Å². The van der Waals surface area contributed by atoms with Crippen LogP contribution in [0.25, 0.3) is 56.0 Å². The van der Waals surface area contributed by atoms with E-state index in [1.165, 1.54) is 0 Å². The van der Waals surface area contributed by atoms with Gasteiger partial charge in [-0.1, -0.05) is 12.1 Å². The molecule has 6 rings (SSSR count). The molecule has 132 valence electrons. The molecule has 1 N–H and O–H groups in total. The number of rotatable bonds is 2. The maximum absolute atomic E-state index is 5.96. The molecule has 3 aromatic heterocycles. The molecule has 0 spiro atoms. The molecule has 0 saturated carbocycles. The highest BCUT2D eigenvalue weighted by molar-refractivity contribution is 5.85. The molecule has 6 nitrogen and oxygen atoms in total. The highest BCUT2D eigenvalue weighted by atomic mass is 16.3. The summed E-state index contributed by atoms with van der Waals surface area (Å²) in [7, 11) is 0. The topological polar surface area (TPSA) is 80.5 Å². The van der Waals surface area contributed by atoms with Crippen molar-refractivity contribution in [3.8, 4) is 22.8 Å². The Morgan fingerprint density at radius 3 is 2.43 bits per heavy atom. The second kappa shape index (κ2) is 5.72. The van der Waals surface area contributed by atoms with Crippen molar-refractivity contribution >= 4 is 33.2 Å². The Morgan fingerprint density at radius 2 is 1.50 bits per heavy atom. The third-order valence-electron chi connectivity index (χ3n) is 4.77. The Bertz CT molecular complexity index is 1450. The van der Waals surface area contributed by atoms with Crippen molar-refractivity contribution in [2.75, 3.05) is 0 Å². The summed E-state index contributed by atoms with van der Waals surface area (Å²) < 4.78 is 5.96. The minimum absolute atomic E-state index is 0.560. The van der Waals surface area contributed by atoms with E-state index in [0.29, 0.717) is 5.89 Å². The Balaban J connectivity index is 1.45. The Labute approximate surface area is 158 Å². The molecular weight excluding hydrogens is 350 g/mol. The van der Waals surface area contributed by atoms with Gasteiger partial charge < -0.3 is 9.40 Å². The third kappa shape index (κ3) is 2.35. The van der Waals surface area contributed by atoms with Gasteiger partial charge in [0.25, 0.3) is 0 Å². The van der Waals surface area contributed by atoms with Gasteiger partial charge in [0.15, 0.2) is 5.58 Å². The second-order valence-electron chi connectivity index (χ2n) is 6.56. The van der Waals surface area contributed by atoms with E-state index < -0.39 is 0 Å². The minimum atomic E-state index is 0.560. The van der Waals surface area contributed by atoms with Crippen LogP contribution in [0.4, 0.5) is 0 Å². The largest absolute Gasteiger partial charge is 0.436 e. The monoisotopic (exact) mass is 363 g/mol. The number of aromatic nitrogens is 5. The molecule has 0 fully saturated rings. The van der Waals surface area contributed by atoms with Gasteiger partial charge in [-0.15, -0.1) is 0 Å². The first-order valence-corrected chi connectivity index (χ1v) is 8.90. The van der Waals surface area contributed by atoms with Gasteiger partial charge in [-0.05, 0) is 48.5 Å². The summed E-state index contributed by atoms with van der Waals surface area (Å²) in [6, 6.07) is 19.7. The van der Waals surface area contributed by atoms with Gasteiger partial charge in [-0.25, -0.2) is 9.97 Å². The lowest BCUT2D eigenvalue weighted by Gasteiger charge is -1.98. The fraction of sp³-hybridized carbons (Fsp3) is 0. The summed E-state index contributed by atoms with van der Waals surface area (Å²) in [5.41, 5.74) is 6.95. The van der Waals surface area contributed by atoms with E-state index in [0.717, 1.165) is 50.1 Å². The number of hydrogen-bond acceptors (Lipinski definition) is 5. The number of aromatic amines is 1. The molecule has 0 aliphatic rings. The molecule has 0 unspecified atom stereocenters. The number of hydrogen-bond donors (Lipinski definition) is 1. The Morgan fingerprint density at radius 1 is 0.679 bits per heavy atom. The van der Waals surface area contributed by atoms with Gasteiger partial charge >= 0.3 is 0 Å². The number of H-pyrrole nitrogens is 1. The number of fused-ring (bicyclic) bond motifs is 3. The number of nitrogens with one attached hydrogen (secondary N) is 1. The fourth-order valence-corrected chi connectivity index (χ4v) is 3.38. The van der Waals surface area contributed by atoms with Gasteiger partial charge in [0.1, 0.15) is 11.3 Å². The van der Waals surface area contributed by atoms with Gasteiger partial charge in [0.05, 0.1) is 22.1 Å². The molecule has 6 aromatic rings. The molecule has 0 atom stereocenters. The number of benzene rings is 3. The van der Waals surface area contributed by atoms with Crippen molar-refractivity contribution in [3.05, 3.63) is 73.1 Å². The second-order valence-corrected chi connectivity index (χ2v) is 6.56. The number of para-hydroxylation sites is 2. The zero-order valence-corrected chi connectivity index (χ0v) is 14.6. The molecule has 3 heterocycles. The predicted molar refractivity (Wildman–Crippen MR) is 108 cm³/mol. The normalized spacial score (nSPS) is 11.6. The van der Waals surface area contributed by atoms with E-state index in [-0.39, 0.29) is 0 Å². The minimum Gasteiger partial charge on any atom is -0.436 e. The lowest BCUT2D eigenvalue weighted by Crippen LogP contribution is -1.84. The molecule has 28 heavy (non-hydrogen) atoms. The summed E-state index contributed by atoms with van der Waals surface area (Å²) in [4.78, 5) is 21.3. The standard InChI is InChI=1S/C22H13N5O/c1-2-4-17-16(3-1)25-21(26-17)13-6-8-20-19(11-13)27-22(28-20)14-5-7-15-18(12-14)24-10-9-23-15/h1-12H,(H,25,26). The summed E-state index contributed by atoms with van der Waals surface area (Å²) in [5.74, 6) is 1.37. The Kier molecular flexibility index (Phi) is 3.07. The van der Waals surface area contributed by atoms with Gasteiger partial charge in [0.2, 0.25) is 5.89 Å². The molecule has 0 radical (unpaired) electrons. The van der Waals surface area contributed by atoms with E-state index >= 15 is 0 Å². The molecule has 6 heteroatoms. The molecular formula is C22H13N5O. The molecule has 0 bridgehead atoms. The summed E-state index contributed by atoms with van der Waals surface area (Å²) >= 11 is 0. The first-order valence-electron chi connectivity index (χ1n) is 8.90. The van der Waals surface area contributed by atoms with Crippen molar-refractivity contribution in [2.45, 2.75) is 0 Å². The maximum Gasteiger partial charge on any atom is 0.227 e. The molecule has 0 aliphatic heterocycles. The number of nitrogens with zero attached hydrogens (tertiary/aromatic N) is 4. The van der Waals surface area contributed by atoms with E-state index in [9.17, 15) is 0 Å². The summed E-state index contributed by atoms with van der Waals surface area (Å²) in [6.07, 6.45) is 3.36. The maximum atomic E-state index is 5.96. The SMILES string of the molecule is c1ccc2[nH]c(-c3ccc4oc(-c5ccc6nccnc6c5)nc4c3)nc2c1. The lowest BCUT2D eigenvalue weighted by molar-refractivity contribution is 0.620. The van der Waals surface area contributed by atoms with Crippen molar-refractivity contribution in [1.82, 2.24) is 24.9 Å². The fourth-order valence-electron chi connectivity index (χ4n) is 3.38. The van der Waals surface area contributed by atoms with Crippen LogP contribution in [0.15, 0.2) is 77.5 Å². The van der Waals surface area contributed by atoms with Crippen LogP contribution in [-0.2, 0) is 0 Å². The highest BCUT2D eigenvalue weighted by Crippen LogP contribution is 2.29. The van der Waals surface area contributed by atoms with E-state index in [1.54, 1.807) is 12.4 Å². The zero-order valence-electron chi connectivity index (χ0n) is 14.6. The quantitative estimate of drug-likeness (QED) is 0.469. The Hall–Kier alpha value is -4.06. The number of imidazole rings is 1. The summed E-state index contributed by atoms with van der Waals surface area (Å²) in [5, 5.41) is 0. The molecule has 0 aliphatic carbocycles. The third-order valence-corrected chi connectivity index (χ3v) is 4.77.